The third kappa shape index (κ3) is 2.51. The Morgan fingerprint density at radius 3 is 2.42 bits per heavy atom. The van der Waals surface area contributed by atoms with Gasteiger partial charge in [-0.2, -0.15) is 5.10 Å². The second kappa shape index (κ2) is 5.24. The second-order valence-electron chi connectivity index (χ2n) is 3.96. The molecule has 0 unspecified atom stereocenters. The number of thioether (sulfide) groups is 1. The minimum absolute atomic E-state index is 0.879. The highest BCUT2D eigenvalue weighted by Crippen LogP contribution is 2.20. The summed E-state index contributed by atoms with van der Waals surface area (Å²) in [4.78, 5) is 0. The van der Waals surface area contributed by atoms with Crippen molar-refractivity contribution in [3.8, 4) is 16.9 Å². The molecule has 5 heteroatoms. The molecule has 0 amide bonds. The van der Waals surface area contributed by atoms with Crippen molar-refractivity contribution in [1.29, 1.82) is 0 Å². The Kier molecular flexibility index (Phi) is 3.29. The third-order valence-corrected chi connectivity index (χ3v) is 3.42. The van der Waals surface area contributed by atoms with Crippen molar-refractivity contribution in [2.24, 2.45) is 0 Å². The summed E-state index contributed by atoms with van der Waals surface area (Å²) in [5.41, 5.74) is 2.96. The number of hydrogen-bond acceptors (Lipinski definition) is 4. The molecule has 4 nitrogen and oxygen atoms in total. The highest BCUT2D eigenvalue weighted by molar-refractivity contribution is 7.98. The summed E-state index contributed by atoms with van der Waals surface area (Å²) in [5, 5.41) is 13.5. The van der Waals surface area contributed by atoms with Crippen LogP contribution in [0.5, 0.6) is 0 Å². The maximum absolute atomic E-state index is 4.22. The molecule has 19 heavy (non-hydrogen) atoms. The molecular formula is C14H12N4S. The molecule has 0 aliphatic heterocycles. The van der Waals surface area contributed by atoms with Crippen molar-refractivity contribution in [1.82, 2.24) is 20.0 Å². The highest BCUT2D eigenvalue weighted by Gasteiger charge is 2.02. The number of benzene rings is 1. The van der Waals surface area contributed by atoms with Gasteiger partial charge in [0.05, 0.1) is 11.4 Å². The first-order valence-corrected chi connectivity index (χ1v) is 7.07. The summed E-state index contributed by atoms with van der Waals surface area (Å²) in [5.74, 6) is 0. The van der Waals surface area contributed by atoms with Gasteiger partial charge in [0.1, 0.15) is 5.03 Å². The zero-order chi connectivity index (χ0) is 13.1. The van der Waals surface area contributed by atoms with Gasteiger partial charge in [-0.05, 0) is 36.6 Å². The lowest BCUT2D eigenvalue weighted by molar-refractivity contribution is 0.880. The number of nitrogens with zero attached hydrogens (tertiary/aromatic N) is 4. The lowest BCUT2D eigenvalue weighted by atomic mass is 10.1. The Labute approximate surface area is 115 Å². The molecule has 0 bridgehead atoms. The van der Waals surface area contributed by atoms with Crippen LogP contribution >= 0.6 is 11.8 Å². The van der Waals surface area contributed by atoms with Gasteiger partial charge in [-0.15, -0.1) is 22.0 Å². The smallest absolute Gasteiger partial charge is 0.119 e. The van der Waals surface area contributed by atoms with Gasteiger partial charge >= 0.3 is 0 Å². The molecule has 0 fully saturated rings. The van der Waals surface area contributed by atoms with E-state index in [0.29, 0.717) is 0 Å². The van der Waals surface area contributed by atoms with E-state index in [0.717, 1.165) is 22.0 Å². The largest absolute Gasteiger partial charge is 0.241 e. The van der Waals surface area contributed by atoms with E-state index in [1.54, 1.807) is 18.0 Å². The van der Waals surface area contributed by atoms with Crippen LogP contribution < -0.4 is 0 Å². The van der Waals surface area contributed by atoms with Gasteiger partial charge in [0.15, 0.2) is 0 Å². The molecule has 3 rings (SSSR count). The minimum atomic E-state index is 0.879. The van der Waals surface area contributed by atoms with Crippen molar-refractivity contribution in [3.05, 3.63) is 54.9 Å². The molecule has 94 valence electrons. The molecule has 0 aliphatic rings. The van der Waals surface area contributed by atoms with Gasteiger partial charge < -0.3 is 0 Å². The van der Waals surface area contributed by atoms with E-state index in [1.165, 1.54) is 0 Å². The predicted octanol–water partition coefficient (Wildman–Crippen LogP) is 3.05. The van der Waals surface area contributed by atoms with Crippen molar-refractivity contribution >= 4 is 11.8 Å². The van der Waals surface area contributed by atoms with E-state index >= 15 is 0 Å². The zero-order valence-electron chi connectivity index (χ0n) is 10.4. The maximum Gasteiger partial charge on any atom is 0.119 e. The van der Waals surface area contributed by atoms with Crippen LogP contribution in [0.4, 0.5) is 0 Å². The van der Waals surface area contributed by atoms with Crippen LogP contribution in [0.25, 0.3) is 16.9 Å². The van der Waals surface area contributed by atoms with Crippen LogP contribution in [0.15, 0.2) is 59.9 Å². The topological polar surface area (TPSA) is 43.6 Å². The van der Waals surface area contributed by atoms with E-state index in [9.17, 15) is 0 Å². The van der Waals surface area contributed by atoms with E-state index in [-0.39, 0.29) is 0 Å². The number of aromatic nitrogens is 4. The molecular weight excluding hydrogens is 256 g/mol. The molecule has 0 atom stereocenters. The molecule has 0 aliphatic carbocycles. The van der Waals surface area contributed by atoms with Gasteiger partial charge in [-0.1, -0.05) is 12.1 Å². The van der Waals surface area contributed by atoms with E-state index in [1.807, 2.05) is 59.6 Å². The first-order chi connectivity index (χ1) is 9.36. The Hall–Kier alpha value is -2.14. The van der Waals surface area contributed by atoms with Gasteiger partial charge in [0.2, 0.25) is 0 Å². The fraction of sp³-hybridized carbons (Fsp3) is 0.0714. The third-order valence-electron chi connectivity index (χ3n) is 2.78. The van der Waals surface area contributed by atoms with Gasteiger partial charge in [0.25, 0.3) is 0 Å². The normalized spacial score (nSPS) is 10.6. The highest BCUT2D eigenvalue weighted by atomic mass is 32.2. The van der Waals surface area contributed by atoms with E-state index in [4.69, 9.17) is 0 Å². The van der Waals surface area contributed by atoms with E-state index in [2.05, 4.69) is 15.3 Å². The van der Waals surface area contributed by atoms with Crippen molar-refractivity contribution in [3.63, 3.8) is 0 Å². The predicted molar refractivity (Wildman–Crippen MR) is 76.4 cm³/mol. The summed E-state index contributed by atoms with van der Waals surface area (Å²) in [6, 6.07) is 14.0. The summed E-state index contributed by atoms with van der Waals surface area (Å²) in [7, 11) is 0. The molecule has 2 heterocycles. The molecule has 0 N–H and O–H groups in total. The Morgan fingerprint density at radius 1 is 1.00 bits per heavy atom. The van der Waals surface area contributed by atoms with Crippen LogP contribution in [0.1, 0.15) is 0 Å². The minimum Gasteiger partial charge on any atom is -0.241 e. The van der Waals surface area contributed by atoms with Crippen molar-refractivity contribution in [2.75, 3.05) is 6.26 Å². The summed E-state index contributed by atoms with van der Waals surface area (Å²) < 4.78 is 1.83. The van der Waals surface area contributed by atoms with Crippen LogP contribution in [-0.4, -0.2) is 26.2 Å². The zero-order valence-corrected chi connectivity index (χ0v) is 11.2. The average Bonchev–Trinajstić information content (AvgIpc) is 3.02. The monoisotopic (exact) mass is 268 g/mol. The second-order valence-corrected chi connectivity index (χ2v) is 4.78. The summed E-state index contributed by atoms with van der Waals surface area (Å²) >= 11 is 1.59. The molecule has 0 saturated heterocycles. The fourth-order valence-corrected chi connectivity index (χ4v) is 2.12. The van der Waals surface area contributed by atoms with Crippen LogP contribution in [-0.2, 0) is 0 Å². The first-order valence-electron chi connectivity index (χ1n) is 5.85. The van der Waals surface area contributed by atoms with Gasteiger partial charge in [-0.25, -0.2) is 4.68 Å². The van der Waals surface area contributed by atoms with E-state index < -0.39 is 0 Å². The van der Waals surface area contributed by atoms with Crippen molar-refractivity contribution in [2.45, 2.75) is 5.03 Å². The lowest BCUT2D eigenvalue weighted by Crippen LogP contribution is -1.94. The molecule has 0 radical (unpaired) electrons. The number of rotatable bonds is 3. The maximum atomic E-state index is 4.22. The Bertz CT molecular complexity index is 645. The standard InChI is InChI=1S/C14H12N4S/c1-19-14-8-7-13(16-17-14)11-3-5-12(6-4-11)18-10-2-9-15-18/h2-10H,1H3. The lowest BCUT2D eigenvalue weighted by Gasteiger charge is -2.04. The molecule has 3 aromatic rings. The Balaban J connectivity index is 1.89. The summed E-state index contributed by atoms with van der Waals surface area (Å²) in [6.45, 7) is 0. The summed E-state index contributed by atoms with van der Waals surface area (Å²) in [6.07, 6.45) is 5.67. The quantitative estimate of drug-likeness (QED) is 0.685. The Morgan fingerprint density at radius 2 is 1.84 bits per heavy atom. The average molecular weight is 268 g/mol. The van der Waals surface area contributed by atoms with Crippen LogP contribution in [0.2, 0.25) is 0 Å². The first kappa shape index (κ1) is 11.9. The van der Waals surface area contributed by atoms with Gasteiger partial charge in [0, 0.05) is 18.0 Å². The fourth-order valence-electron chi connectivity index (χ4n) is 1.79. The molecule has 2 aromatic heterocycles. The van der Waals surface area contributed by atoms with Gasteiger partial charge in [-0.3, -0.25) is 0 Å². The van der Waals surface area contributed by atoms with Crippen LogP contribution in [0.3, 0.4) is 0 Å². The SMILES string of the molecule is CSc1ccc(-c2ccc(-n3cccn3)cc2)nn1. The molecule has 1 aromatic carbocycles. The van der Waals surface area contributed by atoms with Crippen LogP contribution in [0, 0.1) is 0 Å². The molecule has 0 spiro atoms. The molecule has 0 saturated carbocycles. The van der Waals surface area contributed by atoms with Crippen molar-refractivity contribution < 1.29 is 0 Å². The number of hydrogen-bond donors (Lipinski definition) is 0.